The van der Waals surface area contributed by atoms with Crippen LogP contribution in [-0.2, 0) is 22.7 Å². The third kappa shape index (κ3) is 5.12. The first-order valence-corrected chi connectivity index (χ1v) is 11.0. The smallest absolute Gasteiger partial charge is 0.341 e. The van der Waals surface area contributed by atoms with Gasteiger partial charge >= 0.3 is 11.9 Å². The molecule has 2 amide bonds. The molecule has 11 heteroatoms. The van der Waals surface area contributed by atoms with E-state index in [1.165, 1.54) is 14.1 Å². The van der Waals surface area contributed by atoms with Crippen molar-refractivity contribution in [1.29, 1.82) is 0 Å². The number of aromatic nitrogens is 3. The number of likely N-dealkylation sites (tertiary alicyclic amines) is 1. The average Bonchev–Trinajstić information content (AvgIpc) is 3.41. The Labute approximate surface area is 188 Å². The molecule has 0 spiro atoms. The van der Waals surface area contributed by atoms with E-state index in [1.54, 1.807) is 4.90 Å². The van der Waals surface area contributed by atoms with E-state index in [-0.39, 0.29) is 31.4 Å². The summed E-state index contributed by atoms with van der Waals surface area (Å²) in [6.07, 6.45) is -4.69. The van der Waals surface area contributed by atoms with Crippen molar-refractivity contribution in [2.24, 2.45) is 0 Å². The molecule has 3 heterocycles. The number of aryl methyl sites for hydroxylation is 1. The molecule has 2 aromatic rings. The Morgan fingerprint density at radius 2 is 1.76 bits per heavy atom. The number of alkyl halides is 3. The Hall–Kier alpha value is -3.11. The summed E-state index contributed by atoms with van der Waals surface area (Å²) in [5.74, 6) is -0.811. The minimum Gasteiger partial charge on any atom is -0.341 e. The quantitative estimate of drug-likeness (QED) is 0.679. The Bertz CT molecular complexity index is 1080. The van der Waals surface area contributed by atoms with Crippen LogP contribution in [0, 0.1) is 6.92 Å². The molecule has 1 saturated heterocycles. The standard InChI is InChI=1S/C22H26F3N5O3/c1-15-4-6-16(7-5-15)12-29-21(33)30-17(20(32)27-10-2-3-11-27)13-28(14-18(30)26-29)19(31)8-9-22(23,24)25/h4-7,17H,2-3,8-14H2,1H3. The first-order chi connectivity index (χ1) is 15.6. The summed E-state index contributed by atoms with van der Waals surface area (Å²) in [4.78, 5) is 41.8. The van der Waals surface area contributed by atoms with E-state index >= 15 is 0 Å². The van der Waals surface area contributed by atoms with Crippen molar-refractivity contribution in [2.45, 2.75) is 57.9 Å². The largest absolute Gasteiger partial charge is 0.389 e. The fraction of sp³-hybridized carbons (Fsp3) is 0.545. The van der Waals surface area contributed by atoms with Gasteiger partial charge in [0.05, 0.1) is 26.1 Å². The first-order valence-electron chi connectivity index (χ1n) is 11.0. The summed E-state index contributed by atoms with van der Waals surface area (Å²) >= 11 is 0. The molecule has 178 valence electrons. The molecule has 0 aliphatic carbocycles. The average molecular weight is 465 g/mol. The molecule has 4 rings (SSSR count). The molecular weight excluding hydrogens is 439 g/mol. The van der Waals surface area contributed by atoms with Crippen LogP contribution in [0.2, 0.25) is 0 Å². The van der Waals surface area contributed by atoms with Gasteiger partial charge in [0.25, 0.3) is 0 Å². The van der Waals surface area contributed by atoms with Crippen LogP contribution in [0.15, 0.2) is 29.1 Å². The number of halogens is 3. The zero-order valence-corrected chi connectivity index (χ0v) is 18.3. The molecule has 0 radical (unpaired) electrons. The van der Waals surface area contributed by atoms with Gasteiger partial charge in [-0.25, -0.2) is 9.48 Å². The molecule has 8 nitrogen and oxygen atoms in total. The van der Waals surface area contributed by atoms with Gasteiger partial charge in [0.2, 0.25) is 11.8 Å². The van der Waals surface area contributed by atoms with Crippen molar-refractivity contribution in [1.82, 2.24) is 24.1 Å². The molecule has 1 fully saturated rings. The van der Waals surface area contributed by atoms with Crippen LogP contribution >= 0.6 is 0 Å². The molecule has 2 aliphatic heterocycles. The molecule has 1 aromatic carbocycles. The van der Waals surface area contributed by atoms with Gasteiger partial charge < -0.3 is 9.80 Å². The third-order valence-corrected chi connectivity index (χ3v) is 6.11. The molecule has 1 unspecified atom stereocenters. The lowest BCUT2D eigenvalue weighted by atomic mass is 10.1. The minimum atomic E-state index is -4.45. The number of hydrogen-bond donors (Lipinski definition) is 0. The van der Waals surface area contributed by atoms with Crippen molar-refractivity contribution in [3.8, 4) is 0 Å². The Morgan fingerprint density at radius 3 is 2.39 bits per heavy atom. The highest BCUT2D eigenvalue weighted by Crippen LogP contribution is 2.26. The summed E-state index contributed by atoms with van der Waals surface area (Å²) in [5.41, 5.74) is 1.45. The van der Waals surface area contributed by atoms with E-state index in [1.807, 2.05) is 31.2 Å². The summed E-state index contributed by atoms with van der Waals surface area (Å²) < 4.78 is 40.4. The lowest BCUT2D eigenvalue weighted by Gasteiger charge is -2.34. The number of hydrogen-bond acceptors (Lipinski definition) is 4. The van der Waals surface area contributed by atoms with Crippen molar-refractivity contribution in [3.05, 3.63) is 51.7 Å². The molecule has 2 aliphatic rings. The summed E-state index contributed by atoms with van der Waals surface area (Å²) in [6.45, 7) is 2.99. The maximum atomic E-state index is 13.2. The lowest BCUT2D eigenvalue weighted by molar-refractivity contribution is -0.151. The van der Waals surface area contributed by atoms with Crippen molar-refractivity contribution >= 4 is 11.8 Å². The van der Waals surface area contributed by atoms with Gasteiger partial charge in [-0.05, 0) is 25.3 Å². The predicted molar refractivity (Wildman–Crippen MR) is 112 cm³/mol. The van der Waals surface area contributed by atoms with Gasteiger partial charge in [0.1, 0.15) is 6.04 Å². The van der Waals surface area contributed by atoms with Crippen molar-refractivity contribution in [3.63, 3.8) is 0 Å². The van der Waals surface area contributed by atoms with Crippen LogP contribution in [0.1, 0.15) is 48.7 Å². The van der Waals surface area contributed by atoms with Crippen LogP contribution in [0.4, 0.5) is 13.2 Å². The monoisotopic (exact) mass is 465 g/mol. The predicted octanol–water partition coefficient (Wildman–Crippen LogP) is 2.25. The highest BCUT2D eigenvalue weighted by Gasteiger charge is 2.39. The molecular formula is C22H26F3N5O3. The molecule has 0 bridgehead atoms. The van der Waals surface area contributed by atoms with E-state index in [2.05, 4.69) is 5.10 Å². The SMILES string of the molecule is Cc1ccc(Cn2nc3n(c2=O)C(C(=O)N2CCCC2)CN(C(=O)CCC(F)(F)F)C3)cc1. The topological polar surface area (TPSA) is 80.4 Å². The van der Waals surface area contributed by atoms with E-state index in [4.69, 9.17) is 0 Å². The van der Waals surface area contributed by atoms with Gasteiger partial charge in [-0.3, -0.25) is 14.2 Å². The van der Waals surface area contributed by atoms with E-state index < -0.39 is 36.7 Å². The number of amides is 2. The number of fused-ring (bicyclic) bond motifs is 1. The van der Waals surface area contributed by atoms with Crippen molar-refractivity contribution in [2.75, 3.05) is 19.6 Å². The number of carbonyl (C=O) groups excluding carboxylic acids is 2. The van der Waals surface area contributed by atoms with Gasteiger partial charge in [-0.15, -0.1) is 0 Å². The normalized spacial score (nSPS) is 18.5. The van der Waals surface area contributed by atoms with E-state index in [9.17, 15) is 27.6 Å². The molecule has 0 saturated carbocycles. The molecule has 1 aromatic heterocycles. The van der Waals surface area contributed by atoms with Crippen LogP contribution < -0.4 is 5.69 Å². The fourth-order valence-corrected chi connectivity index (χ4v) is 4.31. The zero-order chi connectivity index (χ0) is 23.8. The maximum Gasteiger partial charge on any atom is 0.389 e. The van der Waals surface area contributed by atoms with Crippen LogP contribution in [-0.4, -0.2) is 61.8 Å². The maximum absolute atomic E-state index is 13.2. The minimum absolute atomic E-state index is 0.114. The van der Waals surface area contributed by atoms with Crippen LogP contribution in [0.3, 0.4) is 0 Å². The summed E-state index contributed by atoms with van der Waals surface area (Å²) in [7, 11) is 0. The Balaban J connectivity index is 1.63. The highest BCUT2D eigenvalue weighted by atomic mass is 19.4. The first kappa shape index (κ1) is 23.1. The van der Waals surface area contributed by atoms with Crippen LogP contribution in [0.25, 0.3) is 0 Å². The van der Waals surface area contributed by atoms with Gasteiger partial charge in [-0.2, -0.15) is 18.3 Å². The van der Waals surface area contributed by atoms with Gasteiger partial charge in [0, 0.05) is 19.5 Å². The van der Waals surface area contributed by atoms with Crippen LogP contribution in [0.5, 0.6) is 0 Å². The highest BCUT2D eigenvalue weighted by molar-refractivity contribution is 5.83. The second kappa shape index (κ2) is 9.03. The molecule has 33 heavy (non-hydrogen) atoms. The second-order valence-electron chi connectivity index (χ2n) is 8.65. The molecule has 0 N–H and O–H groups in total. The number of benzene rings is 1. The van der Waals surface area contributed by atoms with Crippen molar-refractivity contribution < 1.29 is 22.8 Å². The number of rotatable bonds is 5. The Kier molecular flexibility index (Phi) is 6.31. The van der Waals surface area contributed by atoms with E-state index in [0.29, 0.717) is 13.1 Å². The Morgan fingerprint density at radius 1 is 1.09 bits per heavy atom. The van der Waals surface area contributed by atoms with E-state index in [0.717, 1.165) is 24.0 Å². The number of carbonyl (C=O) groups is 2. The number of nitrogens with zero attached hydrogens (tertiary/aromatic N) is 5. The second-order valence-corrected chi connectivity index (χ2v) is 8.65. The van der Waals surface area contributed by atoms with Gasteiger partial charge in [-0.1, -0.05) is 29.8 Å². The third-order valence-electron chi connectivity index (χ3n) is 6.11. The molecule has 1 atom stereocenters. The van der Waals surface area contributed by atoms with Gasteiger partial charge in [0.15, 0.2) is 5.82 Å². The summed E-state index contributed by atoms with van der Waals surface area (Å²) in [6, 6.07) is 6.58. The lowest BCUT2D eigenvalue weighted by Crippen LogP contribution is -2.50. The fourth-order valence-electron chi connectivity index (χ4n) is 4.31. The zero-order valence-electron chi connectivity index (χ0n) is 18.3. The summed E-state index contributed by atoms with van der Waals surface area (Å²) in [5, 5.41) is 4.35.